The molecule has 1 unspecified atom stereocenters. The van der Waals surface area contributed by atoms with Gasteiger partial charge in [0, 0.05) is 25.5 Å². The molecule has 1 amide bonds. The average molecular weight is 241 g/mol. The smallest absolute Gasteiger partial charge is 0.316 e. The first-order valence-electron chi connectivity index (χ1n) is 5.77. The van der Waals surface area contributed by atoms with E-state index in [0.29, 0.717) is 0 Å². The molecule has 1 fully saturated rings. The lowest BCUT2D eigenvalue weighted by atomic mass is 10.1. The molecule has 2 rings (SSSR count). The molecule has 16 heavy (non-hydrogen) atoms. The third kappa shape index (κ3) is 2.24. The Morgan fingerprint density at radius 3 is 2.88 bits per heavy atom. The number of nitrogens with zero attached hydrogens (tertiary/aromatic N) is 2. The molecule has 1 aliphatic heterocycles. The molecule has 1 atom stereocenters. The van der Waals surface area contributed by atoms with Crippen LogP contribution in [0.4, 0.5) is 4.79 Å². The molecule has 2 heterocycles. The monoisotopic (exact) mass is 240 g/mol. The summed E-state index contributed by atoms with van der Waals surface area (Å²) in [5.74, 6) is 0. The Labute approximate surface area is 101 Å². The second kappa shape index (κ2) is 4.91. The highest BCUT2D eigenvalue weighted by atomic mass is 35.5. The minimum Gasteiger partial charge on any atom is -0.353 e. The number of aryl methyl sites for hydroxylation is 1. The van der Waals surface area contributed by atoms with Gasteiger partial charge in [-0.25, -0.2) is 0 Å². The maximum atomic E-state index is 11.5. The van der Waals surface area contributed by atoms with Crippen molar-refractivity contribution in [3.8, 4) is 0 Å². The fourth-order valence-corrected chi connectivity index (χ4v) is 2.65. The summed E-state index contributed by atoms with van der Waals surface area (Å²) in [5.41, 5.74) is 1.18. The Bertz CT molecular complexity index is 375. The Hall–Kier alpha value is -0.960. The molecule has 0 aromatic carbocycles. The highest BCUT2D eigenvalue weighted by Gasteiger charge is 2.26. The third-order valence-corrected chi connectivity index (χ3v) is 3.52. The number of rotatable bonds is 1. The summed E-state index contributed by atoms with van der Waals surface area (Å²) < 4.78 is 2.07. The van der Waals surface area contributed by atoms with Gasteiger partial charge in [-0.15, -0.1) is 0 Å². The van der Waals surface area contributed by atoms with Crippen LogP contribution in [-0.4, -0.2) is 21.4 Å². The maximum absolute atomic E-state index is 11.5. The second-order valence-electron chi connectivity index (χ2n) is 4.36. The van der Waals surface area contributed by atoms with Gasteiger partial charge in [0.15, 0.2) is 0 Å². The van der Waals surface area contributed by atoms with Gasteiger partial charge in [0.2, 0.25) is 0 Å². The molecular weight excluding hydrogens is 224 g/mol. The van der Waals surface area contributed by atoms with Crippen molar-refractivity contribution in [3.05, 3.63) is 24.0 Å². The van der Waals surface area contributed by atoms with E-state index < -0.39 is 0 Å². The predicted molar refractivity (Wildman–Crippen MR) is 64.6 cm³/mol. The van der Waals surface area contributed by atoms with E-state index in [1.54, 1.807) is 4.90 Å². The minimum absolute atomic E-state index is 0.146. The predicted octanol–water partition coefficient (Wildman–Crippen LogP) is 3.30. The van der Waals surface area contributed by atoms with Gasteiger partial charge in [0.25, 0.3) is 0 Å². The van der Waals surface area contributed by atoms with Gasteiger partial charge in [0.05, 0.1) is 6.04 Å². The first-order chi connectivity index (χ1) is 7.70. The largest absolute Gasteiger partial charge is 0.353 e. The van der Waals surface area contributed by atoms with E-state index in [1.807, 2.05) is 19.3 Å². The van der Waals surface area contributed by atoms with Gasteiger partial charge in [-0.05, 0) is 36.6 Å². The SMILES string of the molecule is Cn1cccc1C1CCCCCN1C(=O)Cl. The Morgan fingerprint density at radius 2 is 2.25 bits per heavy atom. The van der Waals surface area contributed by atoms with Crippen LogP contribution in [0.15, 0.2) is 18.3 Å². The van der Waals surface area contributed by atoms with Crippen LogP contribution in [-0.2, 0) is 7.05 Å². The molecule has 0 spiro atoms. The zero-order valence-corrected chi connectivity index (χ0v) is 10.3. The lowest BCUT2D eigenvalue weighted by Crippen LogP contribution is -2.31. The van der Waals surface area contributed by atoms with E-state index in [2.05, 4.69) is 10.6 Å². The fraction of sp³-hybridized carbons (Fsp3) is 0.583. The molecular formula is C12H17ClN2O. The fourth-order valence-electron chi connectivity index (χ4n) is 2.45. The normalized spacial score (nSPS) is 21.9. The van der Waals surface area contributed by atoms with Crippen molar-refractivity contribution in [2.75, 3.05) is 6.54 Å². The number of hydrogen-bond donors (Lipinski definition) is 0. The van der Waals surface area contributed by atoms with Gasteiger partial charge in [0.1, 0.15) is 0 Å². The van der Waals surface area contributed by atoms with E-state index >= 15 is 0 Å². The zero-order valence-electron chi connectivity index (χ0n) is 9.53. The van der Waals surface area contributed by atoms with E-state index in [4.69, 9.17) is 11.6 Å². The number of hydrogen-bond acceptors (Lipinski definition) is 1. The molecule has 1 aromatic heterocycles. The molecule has 0 saturated carbocycles. The van der Waals surface area contributed by atoms with Crippen molar-refractivity contribution in [2.24, 2.45) is 7.05 Å². The van der Waals surface area contributed by atoms with Gasteiger partial charge in [-0.2, -0.15) is 0 Å². The third-order valence-electron chi connectivity index (χ3n) is 3.30. The van der Waals surface area contributed by atoms with Crippen LogP contribution < -0.4 is 0 Å². The van der Waals surface area contributed by atoms with Crippen molar-refractivity contribution >= 4 is 17.0 Å². The van der Waals surface area contributed by atoms with Gasteiger partial charge in [-0.3, -0.25) is 4.79 Å². The lowest BCUT2D eigenvalue weighted by Gasteiger charge is -2.28. The minimum atomic E-state index is -0.326. The summed E-state index contributed by atoms with van der Waals surface area (Å²) in [6, 6.07) is 4.23. The summed E-state index contributed by atoms with van der Waals surface area (Å²) in [7, 11) is 2.01. The maximum Gasteiger partial charge on any atom is 0.316 e. The van der Waals surface area contributed by atoms with Crippen LogP contribution in [0.2, 0.25) is 0 Å². The van der Waals surface area contributed by atoms with Gasteiger partial charge < -0.3 is 9.47 Å². The molecule has 0 N–H and O–H groups in total. The van der Waals surface area contributed by atoms with Crippen molar-refractivity contribution in [2.45, 2.75) is 31.7 Å². The number of carbonyl (C=O) groups excluding carboxylic acids is 1. The number of halogens is 1. The summed E-state index contributed by atoms with van der Waals surface area (Å²) >= 11 is 5.67. The van der Waals surface area contributed by atoms with Crippen molar-refractivity contribution in [1.29, 1.82) is 0 Å². The number of likely N-dealkylation sites (tertiary alicyclic amines) is 1. The molecule has 1 saturated heterocycles. The summed E-state index contributed by atoms with van der Waals surface area (Å²) in [5, 5.41) is -0.326. The first-order valence-corrected chi connectivity index (χ1v) is 6.15. The summed E-state index contributed by atoms with van der Waals surface area (Å²) in [4.78, 5) is 13.2. The van der Waals surface area contributed by atoms with Crippen LogP contribution in [0, 0.1) is 0 Å². The number of amides is 1. The van der Waals surface area contributed by atoms with Crippen LogP contribution in [0.3, 0.4) is 0 Å². The second-order valence-corrected chi connectivity index (χ2v) is 4.68. The number of aromatic nitrogens is 1. The molecule has 0 aliphatic carbocycles. The van der Waals surface area contributed by atoms with E-state index in [0.717, 1.165) is 25.8 Å². The molecule has 1 aliphatic rings. The van der Waals surface area contributed by atoms with E-state index in [9.17, 15) is 4.79 Å². The topological polar surface area (TPSA) is 25.2 Å². The summed E-state index contributed by atoms with van der Waals surface area (Å²) in [6.07, 6.45) is 6.42. The zero-order chi connectivity index (χ0) is 11.5. The number of carbonyl (C=O) groups is 1. The Kier molecular flexibility index (Phi) is 3.54. The quantitative estimate of drug-likeness (QED) is 0.546. The van der Waals surface area contributed by atoms with Crippen LogP contribution in [0.1, 0.15) is 37.4 Å². The standard InChI is InChI=1S/C12H17ClN2O/c1-14-8-5-7-10(14)11-6-3-2-4-9-15(11)12(13)16/h5,7-8,11H,2-4,6,9H2,1H3. The van der Waals surface area contributed by atoms with Crippen LogP contribution in [0.25, 0.3) is 0 Å². The van der Waals surface area contributed by atoms with E-state index in [-0.39, 0.29) is 11.4 Å². The van der Waals surface area contributed by atoms with Gasteiger partial charge >= 0.3 is 5.37 Å². The highest BCUT2D eigenvalue weighted by Crippen LogP contribution is 2.30. The first kappa shape index (κ1) is 11.5. The van der Waals surface area contributed by atoms with Crippen molar-refractivity contribution < 1.29 is 4.79 Å². The van der Waals surface area contributed by atoms with Gasteiger partial charge in [-0.1, -0.05) is 12.8 Å². The van der Waals surface area contributed by atoms with Crippen molar-refractivity contribution in [1.82, 2.24) is 9.47 Å². The Morgan fingerprint density at radius 1 is 1.44 bits per heavy atom. The highest BCUT2D eigenvalue weighted by molar-refractivity contribution is 6.62. The van der Waals surface area contributed by atoms with E-state index in [1.165, 1.54) is 12.1 Å². The van der Waals surface area contributed by atoms with Crippen molar-refractivity contribution in [3.63, 3.8) is 0 Å². The molecule has 0 bridgehead atoms. The van der Waals surface area contributed by atoms with Crippen LogP contribution in [0.5, 0.6) is 0 Å². The molecule has 4 heteroatoms. The average Bonchev–Trinajstić information content (AvgIpc) is 2.54. The van der Waals surface area contributed by atoms with Crippen LogP contribution >= 0.6 is 11.6 Å². The Balaban J connectivity index is 2.27. The molecule has 1 aromatic rings. The molecule has 3 nitrogen and oxygen atoms in total. The lowest BCUT2D eigenvalue weighted by molar-refractivity contribution is 0.197. The summed E-state index contributed by atoms with van der Waals surface area (Å²) in [6.45, 7) is 0.776. The molecule has 0 radical (unpaired) electrons. The molecule has 88 valence electrons.